The summed E-state index contributed by atoms with van der Waals surface area (Å²) in [5, 5.41) is 17.0. The number of nitrogens with one attached hydrogen (secondary N) is 1. The third kappa shape index (κ3) is 4.91. The number of aromatic nitrogens is 1. The number of hydrogen-bond donors (Lipinski definition) is 2. The molecule has 5 rings (SSSR count). The molecular weight excluding hydrogens is 508 g/mol. The molecule has 194 valence electrons. The van der Waals surface area contributed by atoms with Gasteiger partial charge in [-0.05, 0) is 79.7 Å². The summed E-state index contributed by atoms with van der Waals surface area (Å²) in [6, 6.07) is 7.15. The molecule has 0 spiro atoms. The molecule has 1 aliphatic heterocycles. The Labute approximate surface area is 224 Å². The Morgan fingerprint density at radius 3 is 2.58 bits per heavy atom. The van der Waals surface area contributed by atoms with Crippen LogP contribution < -0.4 is 5.32 Å². The number of halogens is 1. The quantitative estimate of drug-likeness (QED) is 0.460. The van der Waals surface area contributed by atoms with E-state index in [1.165, 1.54) is 0 Å². The van der Waals surface area contributed by atoms with Crippen molar-refractivity contribution in [3.8, 4) is 11.8 Å². The van der Waals surface area contributed by atoms with Crippen molar-refractivity contribution in [3.63, 3.8) is 0 Å². The maximum absolute atomic E-state index is 12.6. The number of carbonyl (C=O) groups excluding carboxylic acids is 1. The lowest BCUT2D eigenvalue weighted by atomic mass is 9.74. The summed E-state index contributed by atoms with van der Waals surface area (Å²) in [5.74, 6) is 5.33. The van der Waals surface area contributed by atoms with Gasteiger partial charge in [0.2, 0.25) is 5.76 Å². The molecule has 2 heterocycles. The fourth-order valence-corrected chi connectivity index (χ4v) is 5.05. The van der Waals surface area contributed by atoms with Crippen LogP contribution >= 0.6 is 11.6 Å². The summed E-state index contributed by atoms with van der Waals surface area (Å²) in [7, 11) is 0. The van der Waals surface area contributed by atoms with Crippen LogP contribution in [-0.2, 0) is 14.3 Å². The monoisotopic (exact) mass is 532 g/mol. The van der Waals surface area contributed by atoms with Crippen LogP contribution in [0.4, 0.5) is 10.5 Å². The fraction of sp³-hybridized carbons (Fsp3) is 0.276. The van der Waals surface area contributed by atoms with E-state index in [-0.39, 0.29) is 5.76 Å². The minimum Gasteiger partial charge on any atom is -0.481 e. The fourth-order valence-electron chi connectivity index (χ4n) is 4.76. The zero-order valence-electron chi connectivity index (χ0n) is 20.8. The molecule has 0 saturated carbocycles. The number of hydrogen-bond acceptors (Lipinski definition) is 6. The number of amides is 1. The number of ether oxygens (including phenoxy) is 2. The van der Waals surface area contributed by atoms with Gasteiger partial charge in [0.1, 0.15) is 17.5 Å². The van der Waals surface area contributed by atoms with Crippen LogP contribution in [0.15, 0.2) is 75.4 Å². The van der Waals surface area contributed by atoms with E-state index in [9.17, 15) is 14.7 Å². The van der Waals surface area contributed by atoms with Crippen molar-refractivity contribution in [1.82, 2.24) is 5.16 Å². The minimum absolute atomic E-state index is 0.193. The minimum atomic E-state index is -0.925. The average Bonchev–Trinajstić information content (AvgIpc) is 3.57. The van der Waals surface area contributed by atoms with Crippen LogP contribution in [0.2, 0.25) is 5.02 Å². The van der Waals surface area contributed by atoms with Crippen molar-refractivity contribution >= 4 is 29.4 Å². The van der Waals surface area contributed by atoms with Crippen LogP contribution in [-0.4, -0.2) is 35.5 Å². The van der Waals surface area contributed by atoms with Gasteiger partial charge in [-0.1, -0.05) is 40.9 Å². The van der Waals surface area contributed by atoms with Gasteiger partial charge in [0, 0.05) is 29.4 Å². The molecular formula is C29H25ClN2O6. The van der Waals surface area contributed by atoms with Crippen molar-refractivity contribution in [1.29, 1.82) is 0 Å². The van der Waals surface area contributed by atoms with Crippen molar-refractivity contribution in [2.45, 2.75) is 32.8 Å². The van der Waals surface area contributed by atoms with Crippen LogP contribution in [0.25, 0.3) is 0 Å². The van der Waals surface area contributed by atoms with Gasteiger partial charge in [-0.3, -0.25) is 10.1 Å². The zero-order chi connectivity index (χ0) is 26.9. The molecule has 38 heavy (non-hydrogen) atoms. The molecule has 2 aromatic rings. The number of aryl methyl sites for hydroxylation is 1. The first-order chi connectivity index (χ1) is 18.3. The molecule has 0 radical (unpaired) electrons. The third-order valence-electron chi connectivity index (χ3n) is 6.92. The summed E-state index contributed by atoms with van der Waals surface area (Å²) in [6.07, 6.45) is 7.27. The van der Waals surface area contributed by atoms with Crippen molar-refractivity contribution < 1.29 is 28.7 Å². The maximum atomic E-state index is 12.6. The standard InChI is InChI=1S/C29H25ClN2O6/c1-17-26(31-28(35)37-18(2)23-5-3-4-6-24(23)30)25(38-32-17)8-7-19-13-20-15-22(16-21(20)14-19)29(27(33)34)9-11-36-12-10-29/h3-6,13-16,18H,9-12H2,1-2H3,(H,31,35)(H,33,34). The molecule has 0 bridgehead atoms. The number of allylic oxidation sites excluding steroid dienone is 7. The predicted octanol–water partition coefficient (Wildman–Crippen LogP) is 5.91. The molecule has 9 heteroatoms. The van der Waals surface area contributed by atoms with E-state index in [1.807, 2.05) is 30.4 Å². The van der Waals surface area contributed by atoms with Gasteiger partial charge in [0.25, 0.3) is 0 Å². The normalized spacial score (nSPS) is 18.2. The Kier molecular flexibility index (Phi) is 6.98. The number of carboxylic acids is 1. The van der Waals surface area contributed by atoms with E-state index in [0.717, 1.165) is 22.3 Å². The molecule has 1 aromatic carbocycles. The highest BCUT2D eigenvalue weighted by atomic mass is 35.5. The predicted molar refractivity (Wildman–Crippen MR) is 141 cm³/mol. The van der Waals surface area contributed by atoms with Crippen molar-refractivity contribution in [2.75, 3.05) is 18.5 Å². The molecule has 1 unspecified atom stereocenters. The van der Waals surface area contributed by atoms with E-state index in [0.29, 0.717) is 48.0 Å². The van der Waals surface area contributed by atoms with Gasteiger partial charge in [0.15, 0.2) is 0 Å². The number of carbonyl (C=O) groups is 2. The van der Waals surface area contributed by atoms with E-state index >= 15 is 0 Å². The lowest BCUT2D eigenvalue weighted by molar-refractivity contribution is -0.151. The van der Waals surface area contributed by atoms with Gasteiger partial charge in [0.05, 0.1) is 5.41 Å². The molecule has 1 atom stereocenters. The number of anilines is 1. The summed E-state index contributed by atoms with van der Waals surface area (Å²) in [5.41, 5.74) is 3.90. The van der Waals surface area contributed by atoms with Gasteiger partial charge in [-0.15, -0.1) is 0 Å². The van der Waals surface area contributed by atoms with E-state index < -0.39 is 23.6 Å². The van der Waals surface area contributed by atoms with Crippen LogP contribution in [0.3, 0.4) is 0 Å². The van der Waals surface area contributed by atoms with Crippen molar-refractivity contribution in [2.24, 2.45) is 5.41 Å². The largest absolute Gasteiger partial charge is 0.481 e. The van der Waals surface area contributed by atoms with Crippen LogP contribution in [0.5, 0.6) is 0 Å². The topological polar surface area (TPSA) is 111 Å². The molecule has 3 aliphatic rings. The molecule has 8 nitrogen and oxygen atoms in total. The SMILES string of the molecule is Cc1noc(C#CC2=CC3=CC(C4(C(=O)O)CCOCC4)=CC3=C2)c1NC(=O)OC(C)c1ccccc1Cl. The molecule has 2 aliphatic carbocycles. The van der Waals surface area contributed by atoms with Crippen molar-refractivity contribution in [3.05, 3.63) is 92.9 Å². The Morgan fingerprint density at radius 2 is 1.87 bits per heavy atom. The molecule has 2 N–H and O–H groups in total. The van der Waals surface area contributed by atoms with Gasteiger partial charge >= 0.3 is 12.1 Å². The number of fused-ring (bicyclic) bond motifs is 1. The second kappa shape index (κ2) is 10.4. The molecule has 1 saturated heterocycles. The Balaban J connectivity index is 1.28. The first-order valence-electron chi connectivity index (χ1n) is 12.2. The third-order valence-corrected chi connectivity index (χ3v) is 7.27. The van der Waals surface area contributed by atoms with E-state index in [4.69, 9.17) is 25.6 Å². The Morgan fingerprint density at radius 1 is 1.13 bits per heavy atom. The second-order valence-electron chi connectivity index (χ2n) is 9.31. The van der Waals surface area contributed by atoms with E-state index in [1.54, 1.807) is 32.0 Å². The highest BCUT2D eigenvalue weighted by Crippen LogP contribution is 2.45. The lowest BCUT2D eigenvalue weighted by Gasteiger charge is -2.33. The van der Waals surface area contributed by atoms with Gasteiger partial charge in [-0.2, -0.15) is 0 Å². The average molecular weight is 533 g/mol. The summed E-state index contributed by atoms with van der Waals surface area (Å²) >= 11 is 6.20. The number of carboxylic acid groups (broad SMARTS) is 1. The van der Waals surface area contributed by atoms with Crippen LogP contribution in [0.1, 0.15) is 42.9 Å². The van der Waals surface area contributed by atoms with Gasteiger partial charge < -0.3 is 19.1 Å². The zero-order valence-corrected chi connectivity index (χ0v) is 21.6. The van der Waals surface area contributed by atoms with Crippen LogP contribution in [0, 0.1) is 24.2 Å². The molecule has 1 fully saturated rings. The smallest absolute Gasteiger partial charge is 0.412 e. The lowest BCUT2D eigenvalue weighted by Crippen LogP contribution is -2.38. The second-order valence-corrected chi connectivity index (χ2v) is 9.72. The first kappa shape index (κ1) is 25.6. The highest BCUT2D eigenvalue weighted by Gasteiger charge is 2.44. The summed E-state index contributed by atoms with van der Waals surface area (Å²) in [6.45, 7) is 4.28. The van der Waals surface area contributed by atoms with E-state index in [2.05, 4.69) is 22.3 Å². The Bertz CT molecular complexity index is 1490. The molecule has 1 amide bonds. The van der Waals surface area contributed by atoms with Gasteiger partial charge in [-0.25, -0.2) is 4.79 Å². The summed E-state index contributed by atoms with van der Waals surface area (Å²) < 4.78 is 16.2. The molecule has 1 aromatic heterocycles. The maximum Gasteiger partial charge on any atom is 0.412 e. The first-order valence-corrected chi connectivity index (χ1v) is 12.5. The summed E-state index contributed by atoms with van der Waals surface area (Å²) in [4.78, 5) is 24.7. The number of benzene rings is 1. The Hall–Kier alpha value is -4.06. The number of rotatable bonds is 5. The highest BCUT2D eigenvalue weighted by molar-refractivity contribution is 6.31. The number of nitrogens with zero attached hydrogens (tertiary/aromatic N) is 1. The number of aliphatic carboxylic acids is 1.